The lowest BCUT2D eigenvalue weighted by molar-refractivity contribution is -0.131. The Morgan fingerprint density at radius 3 is 2.96 bits per heavy atom. The van der Waals surface area contributed by atoms with Gasteiger partial charge in [0.2, 0.25) is 12.2 Å². The van der Waals surface area contributed by atoms with Gasteiger partial charge < -0.3 is 10.6 Å². The summed E-state index contributed by atoms with van der Waals surface area (Å²) in [4.78, 5) is 28.0. The van der Waals surface area contributed by atoms with E-state index in [2.05, 4.69) is 26.1 Å². The molecule has 23 heavy (non-hydrogen) atoms. The van der Waals surface area contributed by atoms with Gasteiger partial charge in [-0.1, -0.05) is 6.42 Å². The molecular weight excluding hydrogens is 298 g/mol. The molecule has 0 aromatic carbocycles. The zero-order chi connectivity index (χ0) is 16.2. The second-order valence-electron chi connectivity index (χ2n) is 5.88. The van der Waals surface area contributed by atoms with Gasteiger partial charge in [0.25, 0.3) is 5.91 Å². The van der Waals surface area contributed by atoms with Crippen LogP contribution in [-0.2, 0) is 9.59 Å². The van der Waals surface area contributed by atoms with Crippen molar-refractivity contribution in [3.05, 3.63) is 12.3 Å². The zero-order valence-corrected chi connectivity index (χ0v) is 13.3. The number of fused-ring (bicyclic) bond motifs is 1. The van der Waals surface area contributed by atoms with Crippen molar-refractivity contribution in [3.63, 3.8) is 0 Å². The molecule has 0 aromatic heterocycles. The number of aliphatic imine (C=N–C) groups is 1. The molecule has 0 aliphatic carbocycles. The monoisotopic (exact) mass is 321 g/mol. The molecule has 1 fully saturated rings. The summed E-state index contributed by atoms with van der Waals surface area (Å²) in [7, 11) is 1.98. The van der Waals surface area contributed by atoms with Gasteiger partial charge in [-0.25, -0.2) is 20.0 Å². The number of hydrazine groups is 2. The maximum Gasteiger partial charge on any atom is 0.269 e. The number of hydrogen-bond acceptors (Lipinski definition) is 7. The Kier molecular flexibility index (Phi) is 4.77. The summed E-state index contributed by atoms with van der Waals surface area (Å²) in [6.45, 7) is 2.55. The van der Waals surface area contributed by atoms with Crippen molar-refractivity contribution in [1.29, 1.82) is 0 Å². The Hall–Kier alpha value is -2.13. The minimum atomic E-state index is -0.466. The molecule has 126 valence electrons. The van der Waals surface area contributed by atoms with Crippen molar-refractivity contribution < 1.29 is 9.59 Å². The van der Waals surface area contributed by atoms with Gasteiger partial charge in [0.15, 0.2) is 0 Å². The Balaban J connectivity index is 1.42. The van der Waals surface area contributed by atoms with Gasteiger partial charge in [-0.2, -0.15) is 0 Å². The van der Waals surface area contributed by atoms with E-state index in [1.165, 1.54) is 30.3 Å². The Morgan fingerprint density at radius 2 is 2.22 bits per heavy atom. The largest absolute Gasteiger partial charge is 0.351 e. The highest BCUT2D eigenvalue weighted by molar-refractivity contribution is 6.02. The number of nitrogens with one attached hydrogen (secondary N) is 3. The maximum atomic E-state index is 12.1. The van der Waals surface area contributed by atoms with Gasteiger partial charge in [0, 0.05) is 32.4 Å². The van der Waals surface area contributed by atoms with Gasteiger partial charge >= 0.3 is 0 Å². The SMILES string of the molecule is CN(CNC(=O)CC1=NC2NC=CC(=O)N2N1)N1CCCCC1. The number of amidine groups is 1. The number of carbonyl (C=O) groups is 2. The maximum absolute atomic E-state index is 12.1. The zero-order valence-electron chi connectivity index (χ0n) is 13.3. The van der Waals surface area contributed by atoms with Crippen molar-refractivity contribution in [2.75, 3.05) is 26.8 Å². The van der Waals surface area contributed by atoms with Crippen molar-refractivity contribution in [2.24, 2.45) is 4.99 Å². The van der Waals surface area contributed by atoms with Crippen molar-refractivity contribution in [3.8, 4) is 0 Å². The van der Waals surface area contributed by atoms with Crippen LogP contribution in [0.25, 0.3) is 0 Å². The topological polar surface area (TPSA) is 92.3 Å². The fourth-order valence-electron chi connectivity index (χ4n) is 2.83. The van der Waals surface area contributed by atoms with Crippen LogP contribution in [0.1, 0.15) is 25.7 Å². The predicted octanol–water partition coefficient (Wildman–Crippen LogP) is -1.07. The fourth-order valence-corrected chi connectivity index (χ4v) is 2.83. The molecule has 0 radical (unpaired) electrons. The molecule has 1 saturated heterocycles. The minimum Gasteiger partial charge on any atom is -0.351 e. The van der Waals surface area contributed by atoms with Crippen LogP contribution in [0.3, 0.4) is 0 Å². The first-order chi connectivity index (χ1) is 11.1. The average molecular weight is 321 g/mol. The van der Waals surface area contributed by atoms with Gasteiger partial charge in [-0.15, -0.1) is 0 Å². The van der Waals surface area contributed by atoms with Crippen molar-refractivity contribution >= 4 is 17.6 Å². The van der Waals surface area contributed by atoms with Crippen LogP contribution < -0.4 is 16.1 Å². The summed E-state index contributed by atoms with van der Waals surface area (Å²) >= 11 is 0. The molecule has 1 atom stereocenters. The normalized spacial score (nSPS) is 24.1. The molecule has 3 rings (SSSR count). The van der Waals surface area contributed by atoms with E-state index < -0.39 is 6.29 Å². The quantitative estimate of drug-likeness (QED) is 0.559. The van der Waals surface area contributed by atoms with E-state index in [-0.39, 0.29) is 18.2 Å². The van der Waals surface area contributed by atoms with Crippen LogP contribution in [0.5, 0.6) is 0 Å². The van der Waals surface area contributed by atoms with E-state index in [4.69, 9.17) is 0 Å². The number of rotatable bonds is 5. The highest BCUT2D eigenvalue weighted by Crippen LogP contribution is 2.11. The van der Waals surface area contributed by atoms with Gasteiger partial charge in [-0.05, 0) is 12.8 Å². The van der Waals surface area contributed by atoms with Gasteiger partial charge in [0.05, 0.1) is 13.1 Å². The van der Waals surface area contributed by atoms with Crippen LogP contribution >= 0.6 is 0 Å². The molecule has 0 spiro atoms. The summed E-state index contributed by atoms with van der Waals surface area (Å²) in [5.74, 6) is 0.177. The van der Waals surface area contributed by atoms with Crippen LogP contribution in [0, 0.1) is 0 Å². The second kappa shape index (κ2) is 6.97. The van der Waals surface area contributed by atoms with Crippen molar-refractivity contribution in [2.45, 2.75) is 32.0 Å². The molecule has 0 aromatic rings. The van der Waals surface area contributed by atoms with Crippen LogP contribution in [0.4, 0.5) is 0 Å². The lowest BCUT2D eigenvalue weighted by Gasteiger charge is -2.34. The molecule has 0 bridgehead atoms. The molecule has 1 unspecified atom stereocenters. The highest BCUT2D eigenvalue weighted by atomic mass is 16.2. The third kappa shape index (κ3) is 3.80. The Bertz CT molecular complexity index is 527. The molecule has 3 aliphatic heterocycles. The highest BCUT2D eigenvalue weighted by Gasteiger charge is 2.31. The number of nitrogens with zero attached hydrogens (tertiary/aromatic N) is 4. The van der Waals surface area contributed by atoms with E-state index in [0.29, 0.717) is 12.5 Å². The first-order valence-electron chi connectivity index (χ1n) is 7.95. The van der Waals surface area contributed by atoms with E-state index in [9.17, 15) is 9.59 Å². The van der Waals surface area contributed by atoms with Gasteiger partial charge in [0.1, 0.15) is 5.84 Å². The third-order valence-electron chi connectivity index (χ3n) is 4.13. The molecule has 3 heterocycles. The van der Waals surface area contributed by atoms with Crippen LogP contribution in [0.2, 0.25) is 0 Å². The molecule has 9 nitrogen and oxygen atoms in total. The molecule has 3 aliphatic rings. The first-order valence-corrected chi connectivity index (χ1v) is 7.95. The molecule has 9 heteroatoms. The summed E-state index contributed by atoms with van der Waals surface area (Å²) < 4.78 is 0. The Labute approximate surface area is 135 Å². The number of piperidine rings is 1. The lowest BCUT2D eigenvalue weighted by Crippen LogP contribution is -2.52. The number of amides is 2. The van der Waals surface area contributed by atoms with E-state index in [1.807, 2.05) is 12.1 Å². The van der Waals surface area contributed by atoms with E-state index in [1.54, 1.807) is 6.20 Å². The first kappa shape index (κ1) is 15.8. The van der Waals surface area contributed by atoms with Crippen molar-refractivity contribution in [1.82, 2.24) is 31.1 Å². The lowest BCUT2D eigenvalue weighted by atomic mass is 10.2. The number of hydrogen-bond donors (Lipinski definition) is 3. The molecule has 3 N–H and O–H groups in total. The van der Waals surface area contributed by atoms with Crippen LogP contribution in [0.15, 0.2) is 17.3 Å². The minimum absolute atomic E-state index is 0.121. The van der Waals surface area contributed by atoms with Crippen LogP contribution in [-0.4, -0.2) is 65.8 Å². The molecule has 0 saturated carbocycles. The van der Waals surface area contributed by atoms with E-state index >= 15 is 0 Å². The summed E-state index contributed by atoms with van der Waals surface area (Å²) in [6.07, 6.45) is 6.31. The smallest absolute Gasteiger partial charge is 0.269 e. The predicted molar refractivity (Wildman–Crippen MR) is 84.3 cm³/mol. The standard InChI is InChI=1S/C14H23N7O2/c1-19(20-7-3-2-4-8-20)10-16-12(22)9-11-17-14-15-6-5-13(23)21(14)18-11/h5-6,14-15H,2-4,7-10H2,1H3,(H,16,22)(H,17,18). The fraction of sp³-hybridized carbons (Fsp3) is 0.643. The molecular formula is C14H23N7O2. The van der Waals surface area contributed by atoms with Gasteiger partial charge in [-0.3, -0.25) is 15.0 Å². The second-order valence-corrected chi connectivity index (χ2v) is 5.88. The summed E-state index contributed by atoms with van der Waals surface area (Å²) in [6, 6.07) is 0. The third-order valence-corrected chi connectivity index (χ3v) is 4.13. The number of carbonyl (C=O) groups excluding carboxylic acids is 2. The molecule has 2 amide bonds. The van der Waals surface area contributed by atoms with E-state index in [0.717, 1.165) is 13.1 Å². The Morgan fingerprint density at radius 1 is 1.43 bits per heavy atom. The summed E-state index contributed by atoms with van der Waals surface area (Å²) in [5, 5.41) is 11.5. The average Bonchev–Trinajstić information content (AvgIpc) is 2.97. The summed E-state index contributed by atoms with van der Waals surface area (Å²) in [5.41, 5.74) is 2.86.